The lowest BCUT2D eigenvalue weighted by molar-refractivity contribution is -0.137. The van der Waals surface area contributed by atoms with Gasteiger partial charge in [-0.1, -0.05) is 30.3 Å². The average molecular weight is 247 g/mol. The molecule has 0 saturated carbocycles. The first-order chi connectivity index (χ1) is 8.50. The zero-order valence-electron chi connectivity index (χ0n) is 9.20. The maximum Gasteiger partial charge on any atom is 0.416 e. The molecule has 0 aromatic heterocycles. The molecule has 4 heteroatoms. The molecule has 2 aromatic rings. The first-order valence-electron chi connectivity index (χ1n) is 5.18. The van der Waals surface area contributed by atoms with E-state index in [1.807, 2.05) is 0 Å². The Labute approximate surface area is 102 Å². The molecular weight excluding hydrogens is 239 g/mol. The lowest BCUT2D eigenvalue weighted by atomic mass is 10.00. The van der Waals surface area contributed by atoms with Crippen LogP contribution in [0.3, 0.4) is 0 Å². The molecule has 0 radical (unpaired) electrons. The molecule has 0 saturated heterocycles. The number of rotatable bonds is 1. The van der Waals surface area contributed by atoms with Crippen LogP contribution in [0.15, 0.2) is 48.5 Å². The van der Waals surface area contributed by atoms with Gasteiger partial charge >= 0.3 is 6.18 Å². The second-order valence-electron chi connectivity index (χ2n) is 3.77. The van der Waals surface area contributed by atoms with Crippen LogP contribution in [0.25, 0.3) is 11.1 Å². The SMILES string of the molecule is N#Cc1cc(-c2ccccc2)cc(C(F)(F)F)c1. The predicted molar refractivity (Wildman–Crippen MR) is 61.6 cm³/mol. The molecular formula is C14H8F3N. The summed E-state index contributed by atoms with van der Waals surface area (Å²) in [6.45, 7) is 0. The fourth-order valence-corrected chi connectivity index (χ4v) is 1.65. The molecule has 0 aliphatic heterocycles. The Morgan fingerprint density at radius 2 is 1.56 bits per heavy atom. The Morgan fingerprint density at radius 1 is 0.889 bits per heavy atom. The molecule has 0 amide bonds. The van der Waals surface area contributed by atoms with Crippen molar-refractivity contribution in [2.24, 2.45) is 0 Å². The summed E-state index contributed by atoms with van der Waals surface area (Å²) in [5.74, 6) is 0. The summed E-state index contributed by atoms with van der Waals surface area (Å²) in [6, 6.07) is 13.8. The lowest BCUT2D eigenvalue weighted by Gasteiger charge is -2.10. The highest BCUT2D eigenvalue weighted by Crippen LogP contribution is 2.33. The van der Waals surface area contributed by atoms with Crippen LogP contribution < -0.4 is 0 Å². The fourth-order valence-electron chi connectivity index (χ4n) is 1.65. The summed E-state index contributed by atoms with van der Waals surface area (Å²) in [5.41, 5.74) is 0.242. The van der Waals surface area contributed by atoms with E-state index in [0.29, 0.717) is 11.1 Å². The zero-order chi connectivity index (χ0) is 13.2. The van der Waals surface area contributed by atoms with Crippen molar-refractivity contribution in [3.63, 3.8) is 0 Å². The van der Waals surface area contributed by atoms with Gasteiger partial charge in [0.25, 0.3) is 0 Å². The van der Waals surface area contributed by atoms with Crippen molar-refractivity contribution >= 4 is 0 Å². The predicted octanol–water partition coefficient (Wildman–Crippen LogP) is 4.24. The minimum absolute atomic E-state index is 0.00341. The third-order valence-corrected chi connectivity index (χ3v) is 2.50. The van der Waals surface area contributed by atoms with E-state index in [1.165, 1.54) is 6.07 Å². The van der Waals surface area contributed by atoms with Crippen molar-refractivity contribution in [2.75, 3.05) is 0 Å². The minimum atomic E-state index is -4.45. The Balaban J connectivity index is 2.60. The largest absolute Gasteiger partial charge is 0.416 e. The van der Waals surface area contributed by atoms with Crippen LogP contribution in [0.1, 0.15) is 11.1 Å². The molecule has 0 fully saturated rings. The molecule has 90 valence electrons. The van der Waals surface area contributed by atoms with Gasteiger partial charge in [0, 0.05) is 0 Å². The Bertz CT molecular complexity index is 595. The fraction of sp³-hybridized carbons (Fsp3) is 0.0714. The molecule has 2 rings (SSSR count). The van der Waals surface area contributed by atoms with Gasteiger partial charge < -0.3 is 0 Å². The van der Waals surface area contributed by atoms with Crippen LogP contribution in [-0.2, 0) is 6.18 Å². The van der Waals surface area contributed by atoms with Crippen molar-refractivity contribution in [2.45, 2.75) is 6.18 Å². The third-order valence-electron chi connectivity index (χ3n) is 2.50. The number of alkyl halides is 3. The summed E-state index contributed by atoms with van der Waals surface area (Å²) in [5, 5.41) is 8.78. The third kappa shape index (κ3) is 2.51. The van der Waals surface area contributed by atoms with Gasteiger partial charge in [-0.2, -0.15) is 18.4 Å². The Hall–Kier alpha value is -2.28. The van der Waals surface area contributed by atoms with E-state index in [-0.39, 0.29) is 5.56 Å². The summed E-state index contributed by atoms with van der Waals surface area (Å²) in [6.07, 6.45) is -4.45. The van der Waals surface area contributed by atoms with Crippen molar-refractivity contribution in [3.8, 4) is 17.2 Å². The highest BCUT2D eigenvalue weighted by atomic mass is 19.4. The van der Waals surface area contributed by atoms with E-state index in [0.717, 1.165) is 12.1 Å². The van der Waals surface area contributed by atoms with E-state index in [1.54, 1.807) is 36.4 Å². The number of hydrogen-bond donors (Lipinski definition) is 0. The van der Waals surface area contributed by atoms with E-state index in [4.69, 9.17) is 5.26 Å². The van der Waals surface area contributed by atoms with E-state index in [9.17, 15) is 13.2 Å². The molecule has 0 bridgehead atoms. The zero-order valence-corrected chi connectivity index (χ0v) is 9.20. The maximum atomic E-state index is 12.7. The van der Waals surface area contributed by atoms with Crippen molar-refractivity contribution < 1.29 is 13.2 Å². The molecule has 0 aliphatic carbocycles. The van der Waals surface area contributed by atoms with Gasteiger partial charge in [-0.3, -0.25) is 0 Å². The number of benzene rings is 2. The molecule has 1 nitrogen and oxygen atoms in total. The van der Waals surface area contributed by atoms with Gasteiger partial charge in [-0.15, -0.1) is 0 Å². The van der Waals surface area contributed by atoms with E-state index >= 15 is 0 Å². The van der Waals surface area contributed by atoms with E-state index < -0.39 is 11.7 Å². The maximum absolute atomic E-state index is 12.7. The van der Waals surface area contributed by atoms with Crippen molar-refractivity contribution in [1.29, 1.82) is 5.26 Å². The number of halogens is 3. The van der Waals surface area contributed by atoms with Gasteiger partial charge in [0.2, 0.25) is 0 Å². The van der Waals surface area contributed by atoms with Crippen molar-refractivity contribution in [3.05, 3.63) is 59.7 Å². The average Bonchev–Trinajstić information content (AvgIpc) is 2.38. The molecule has 0 aliphatic rings. The normalized spacial score (nSPS) is 11.0. The van der Waals surface area contributed by atoms with Gasteiger partial charge in [0.15, 0.2) is 0 Å². The number of nitrogens with zero attached hydrogens (tertiary/aromatic N) is 1. The van der Waals surface area contributed by atoms with Crippen LogP contribution in [0, 0.1) is 11.3 Å². The first-order valence-corrected chi connectivity index (χ1v) is 5.18. The molecule has 0 heterocycles. The summed E-state index contributed by atoms with van der Waals surface area (Å²) >= 11 is 0. The van der Waals surface area contributed by atoms with E-state index in [2.05, 4.69) is 0 Å². The van der Waals surface area contributed by atoms with Gasteiger partial charge in [-0.25, -0.2) is 0 Å². The standard InChI is InChI=1S/C14H8F3N/c15-14(16,17)13-7-10(9-18)6-12(8-13)11-4-2-1-3-5-11/h1-8H. The topological polar surface area (TPSA) is 23.8 Å². The van der Waals surface area contributed by atoms with Crippen LogP contribution in [-0.4, -0.2) is 0 Å². The minimum Gasteiger partial charge on any atom is -0.192 e. The first kappa shape index (κ1) is 12.2. The van der Waals surface area contributed by atoms with Crippen LogP contribution in [0.5, 0.6) is 0 Å². The second kappa shape index (κ2) is 4.53. The Morgan fingerprint density at radius 3 is 2.11 bits per heavy atom. The van der Waals surface area contributed by atoms with Crippen molar-refractivity contribution in [1.82, 2.24) is 0 Å². The molecule has 0 N–H and O–H groups in total. The quantitative estimate of drug-likeness (QED) is 0.739. The summed E-state index contributed by atoms with van der Waals surface area (Å²) < 4.78 is 38.1. The highest BCUT2D eigenvalue weighted by Gasteiger charge is 2.31. The summed E-state index contributed by atoms with van der Waals surface area (Å²) in [7, 11) is 0. The van der Waals surface area contributed by atoms with Gasteiger partial charge in [0.1, 0.15) is 0 Å². The van der Waals surface area contributed by atoms with Gasteiger partial charge in [-0.05, 0) is 29.3 Å². The van der Waals surface area contributed by atoms with Crippen LogP contribution >= 0.6 is 0 Å². The molecule has 0 unspecified atom stereocenters. The summed E-state index contributed by atoms with van der Waals surface area (Å²) in [4.78, 5) is 0. The number of hydrogen-bond acceptors (Lipinski definition) is 1. The van der Waals surface area contributed by atoms with Crippen LogP contribution in [0.2, 0.25) is 0 Å². The van der Waals surface area contributed by atoms with Crippen LogP contribution in [0.4, 0.5) is 13.2 Å². The number of nitriles is 1. The molecule has 2 aromatic carbocycles. The molecule has 0 spiro atoms. The van der Waals surface area contributed by atoms with Gasteiger partial charge in [0.05, 0.1) is 17.2 Å². The smallest absolute Gasteiger partial charge is 0.192 e. The second-order valence-corrected chi connectivity index (χ2v) is 3.77. The molecule has 18 heavy (non-hydrogen) atoms. The Kier molecular flexibility index (Phi) is 3.07. The lowest BCUT2D eigenvalue weighted by Crippen LogP contribution is -2.05. The monoisotopic (exact) mass is 247 g/mol. The molecule has 0 atom stereocenters. The highest BCUT2D eigenvalue weighted by molar-refractivity contribution is 5.66.